The molecule has 0 atom stereocenters. The van der Waals surface area contributed by atoms with Crippen molar-refractivity contribution < 1.29 is 0 Å². The number of anilines is 1. The fraction of sp³-hybridized carbons (Fsp3) is 0.692. The Bertz CT molecular complexity index is 388. The van der Waals surface area contributed by atoms with E-state index in [4.69, 9.17) is 4.98 Å². The second-order valence-corrected chi connectivity index (χ2v) is 5.72. The molecular formula is C13H20IN3. The maximum absolute atomic E-state index is 4.73. The number of halogens is 1. The Labute approximate surface area is 117 Å². The molecule has 17 heavy (non-hydrogen) atoms. The van der Waals surface area contributed by atoms with E-state index >= 15 is 0 Å². The molecule has 3 nitrogen and oxygen atoms in total. The van der Waals surface area contributed by atoms with Crippen molar-refractivity contribution in [2.24, 2.45) is 0 Å². The van der Waals surface area contributed by atoms with E-state index in [-0.39, 0.29) is 0 Å². The number of hydrogen-bond donors (Lipinski definition) is 1. The number of hydrogen-bond acceptors (Lipinski definition) is 3. The predicted octanol–water partition coefficient (Wildman–Crippen LogP) is 3.73. The number of nitrogens with zero attached hydrogens (tertiary/aromatic N) is 2. The van der Waals surface area contributed by atoms with Crippen LogP contribution in [-0.2, 0) is 6.42 Å². The van der Waals surface area contributed by atoms with E-state index in [2.05, 4.69) is 46.7 Å². The number of aryl methyl sites for hydroxylation is 1. The Balaban J connectivity index is 2.27. The van der Waals surface area contributed by atoms with Crippen LogP contribution < -0.4 is 5.32 Å². The Morgan fingerprint density at radius 3 is 2.59 bits per heavy atom. The lowest BCUT2D eigenvalue weighted by Gasteiger charge is -2.12. The van der Waals surface area contributed by atoms with Crippen LogP contribution in [0.3, 0.4) is 0 Å². The van der Waals surface area contributed by atoms with Gasteiger partial charge in [-0.2, -0.15) is 0 Å². The van der Waals surface area contributed by atoms with Crippen LogP contribution >= 0.6 is 22.6 Å². The van der Waals surface area contributed by atoms with Gasteiger partial charge in [-0.15, -0.1) is 0 Å². The van der Waals surface area contributed by atoms with Crippen molar-refractivity contribution >= 4 is 28.4 Å². The van der Waals surface area contributed by atoms with Crippen molar-refractivity contribution in [3.63, 3.8) is 0 Å². The molecule has 0 spiro atoms. The highest BCUT2D eigenvalue weighted by Crippen LogP contribution is 2.39. The van der Waals surface area contributed by atoms with Crippen LogP contribution in [0.1, 0.15) is 57.0 Å². The van der Waals surface area contributed by atoms with E-state index in [1.807, 2.05) is 0 Å². The second kappa shape index (κ2) is 5.98. The maximum Gasteiger partial charge on any atom is 0.143 e. The molecule has 94 valence electrons. The van der Waals surface area contributed by atoms with E-state index in [1.165, 1.54) is 22.1 Å². The summed E-state index contributed by atoms with van der Waals surface area (Å²) < 4.78 is 1.21. The minimum Gasteiger partial charge on any atom is -0.369 e. The minimum atomic E-state index is 0.629. The molecule has 0 amide bonds. The van der Waals surface area contributed by atoms with Crippen molar-refractivity contribution in [1.82, 2.24) is 9.97 Å². The molecule has 1 aliphatic carbocycles. The lowest BCUT2D eigenvalue weighted by molar-refractivity contribution is 0.818. The summed E-state index contributed by atoms with van der Waals surface area (Å²) in [5, 5.41) is 3.43. The van der Waals surface area contributed by atoms with Gasteiger partial charge in [-0.1, -0.05) is 20.3 Å². The molecule has 0 aromatic carbocycles. The Kier molecular flexibility index (Phi) is 4.59. The quantitative estimate of drug-likeness (QED) is 0.799. The first-order valence-electron chi connectivity index (χ1n) is 6.56. The average molecular weight is 345 g/mol. The molecule has 1 aromatic heterocycles. The summed E-state index contributed by atoms with van der Waals surface area (Å²) in [7, 11) is 0. The van der Waals surface area contributed by atoms with Crippen LogP contribution in [-0.4, -0.2) is 16.5 Å². The molecule has 0 saturated heterocycles. The lowest BCUT2D eigenvalue weighted by Crippen LogP contribution is -2.10. The van der Waals surface area contributed by atoms with Gasteiger partial charge in [0.1, 0.15) is 11.6 Å². The van der Waals surface area contributed by atoms with Crippen LogP contribution in [0.15, 0.2) is 0 Å². The highest BCUT2D eigenvalue weighted by molar-refractivity contribution is 14.1. The smallest absolute Gasteiger partial charge is 0.143 e. The van der Waals surface area contributed by atoms with Gasteiger partial charge < -0.3 is 5.32 Å². The third-order valence-corrected chi connectivity index (χ3v) is 4.04. The SMILES string of the molecule is CCCNc1nc(C2CC2)nc(CCC)c1I. The third-order valence-electron chi connectivity index (χ3n) is 2.91. The van der Waals surface area contributed by atoms with E-state index in [9.17, 15) is 0 Å². The highest BCUT2D eigenvalue weighted by Gasteiger charge is 2.28. The summed E-state index contributed by atoms with van der Waals surface area (Å²) in [5.74, 6) is 2.74. The topological polar surface area (TPSA) is 37.8 Å². The number of aromatic nitrogens is 2. The van der Waals surface area contributed by atoms with Crippen molar-refractivity contribution in [2.45, 2.75) is 51.9 Å². The van der Waals surface area contributed by atoms with Crippen molar-refractivity contribution in [3.05, 3.63) is 15.1 Å². The summed E-state index contributed by atoms with van der Waals surface area (Å²) in [6, 6.07) is 0. The minimum absolute atomic E-state index is 0.629. The van der Waals surface area contributed by atoms with E-state index < -0.39 is 0 Å². The van der Waals surface area contributed by atoms with E-state index in [1.54, 1.807) is 0 Å². The highest BCUT2D eigenvalue weighted by atomic mass is 127. The molecule has 1 saturated carbocycles. The zero-order valence-electron chi connectivity index (χ0n) is 10.6. The first kappa shape index (κ1) is 13.1. The fourth-order valence-corrected chi connectivity index (χ4v) is 2.50. The van der Waals surface area contributed by atoms with Crippen molar-refractivity contribution in [2.75, 3.05) is 11.9 Å². The van der Waals surface area contributed by atoms with Gasteiger partial charge in [0.05, 0.1) is 9.26 Å². The molecule has 1 heterocycles. The van der Waals surface area contributed by atoms with Gasteiger partial charge in [0.2, 0.25) is 0 Å². The van der Waals surface area contributed by atoms with Crippen molar-refractivity contribution in [1.29, 1.82) is 0 Å². The summed E-state index contributed by atoms with van der Waals surface area (Å²) in [6.45, 7) is 5.37. The molecule has 0 unspecified atom stereocenters. The summed E-state index contributed by atoms with van der Waals surface area (Å²) >= 11 is 2.38. The summed E-state index contributed by atoms with van der Waals surface area (Å²) in [5.41, 5.74) is 1.23. The molecular weight excluding hydrogens is 325 g/mol. The van der Waals surface area contributed by atoms with E-state index in [0.29, 0.717) is 5.92 Å². The molecule has 0 aliphatic heterocycles. The van der Waals surface area contributed by atoms with Gasteiger partial charge in [0.15, 0.2) is 0 Å². The summed E-state index contributed by atoms with van der Waals surface area (Å²) in [4.78, 5) is 9.42. The Morgan fingerprint density at radius 1 is 1.24 bits per heavy atom. The first-order chi connectivity index (χ1) is 8.26. The maximum atomic E-state index is 4.73. The largest absolute Gasteiger partial charge is 0.369 e. The molecule has 4 heteroatoms. The zero-order valence-corrected chi connectivity index (χ0v) is 12.7. The molecule has 0 radical (unpaired) electrons. The number of rotatable bonds is 6. The lowest BCUT2D eigenvalue weighted by atomic mass is 10.2. The van der Waals surface area contributed by atoms with Crippen molar-refractivity contribution in [3.8, 4) is 0 Å². The Hall–Kier alpha value is -0.390. The van der Waals surface area contributed by atoms with E-state index in [0.717, 1.165) is 37.4 Å². The van der Waals surface area contributed by atoms with Crippen LogP contribution in [0, 0.1) is 3.57 Å². The standard InChI is InChI=1S/C13H20IN3/c1-3-5-10-11(14)13(15-8-4-2)17-12(16-10)9-6-7-9/h9H,3-8H2,1-2H3,(H,15,16,17). The van der Waals surface area contributed by atoms with Gasteiger partial charge in [-0.3, -0.25) is 0 Å². The van der Waals surface area contributed by atoms with Crippen LogP contribution in [0.4, 0.5) is 5.82 Å². The second-order valence-electron chi connectivity index (χ2n) is 4.64. The van der Waals surface area contributed by atoms with Crippen LogP contribution in [0.25, 0.3) is 0 Å². The Morgan fingerprint density at radius 2 is 2.00 bits per heavy atom. The molecule has 1 aromatic rings. The molecule has 0 bridgehead atoms. The van der Waals surface area contributed by atoms with Gasteiger partial charge in [0, 0.05) is 12.5 Å². The zero-order chi connectivity index (χ0) is 12.3. The third kappa shape index (κ3) is 3.30. The normalized spacial score (nSPS) is 15.0. The molecule has 1 N–H and O–H groups in total. The molecule has 1 fully saturated rings. The van der Waals surface area contributed by atoms with Crippen LogP contribution in [0.2, 0.25) is 0 Å². The average Bonchev–Trinajstić information content (AvgIpc) is 3.14. The van der Waals surface area contributed by atoms with Gasteiger partial charge in [-0.05, 0) is 48.3 Å². The van der Waals surface area contributed by atoms with Gasteiger partial charge >= 0.3 is 0 Å². The molecule has 1 aliphatic rings. The summed E-state index contributed by atoms with van der Waals surface area (Å²) in [6.07, 6.45) is 5.85. The number of nitrogens with one attached hydrogen (secondary N) is 1. The van der Waals surface area contributed by atoms with Crippen LogP contribution in [0.5, 0.6) is 0 Å². The molecule has 2 rings (SSSR count). The van der Waals surface area contributed by atoms with Gasteiger partial charge in [-0.25, -0.2) is 9.97 Å². The monoisotopic (exact) mass is 345 g/mol. The predicted molar refractivity (Wildman–Crippen MR) is 79.5 cm³/mol. The fourth-order valence-electron chi connectivity index (χ4n) is 1.80. The first-order valence-corrected chi connectivity index (χ1v) is 7.64. The van der Waals surface area contributed by atoms with Gasteiger partial charge in [0.25, 0.3) is 0 Å².